The van der Waals surface area contributed by atoms with Crippen LogP contribution >= 0.6 is 0 Å². The number of rotatable bonds is 5. The van der Waals surface area contributed by atoms with Crippen LogP contribution in [0.25, 0.3) is 17.3 Å². The Labute approximate surface area is 175 Å². The highest BCUT2D eigenvalue weighted by Gasteiger charge is 2.26. The molecule has 1 aromatic heterocycles. The van der Waals surface area contributed by atoms with Crippen LogP contribution in [0.5, 0.6) is 0 Å². The highest BCUT2D eigenvalue weighted by molar-refractivity contribution is 5.85. The maximum Gasteiger partial charge on any atom is 0.225 e. The number of benzene rings is 2. The molecule has 0 fully saturated rings. The van der Waals surface area contributed by atoms with E-state index in [4.69, 9.17) is 0 Å². The lowest BCUT2D eigenvalue weighted by Gasteiger charge is -2.29. The van der Waals surface area contributed by atoms with Crippen molar-refractivity contribution in [2.24, 2.45) is 0 Å². The van der Waals surface area contributed by atoms with Gasteiger partial charge in [-0.3, -0.25) is 0 Å². The molecule has 5 nitrogen and oxygen atoms in total. The van der Waals surface area contributed by atoms with Crippen molar-refractivity contribution < 1.29 is 22.7 Å². The van der Waals surface area contributed by atoms with Crippen molar-refractivity contribution in [2.45, 2.75) is 13.0 Å². The second kappa shape index (κ2) is 8.35. The minimum atomic E-state index is -0.819. The SMILES string of the molecule is CC(CO)Nc1nc(-c2ccc(F)cc2F)c2c(n1)N(c1ccc(F)cc1F)CC=C2. The van der Waals surface area contributed by atoms with Gasteiger partial charge in [-0.2, -0.15) is 4.98 Å². The molecule has 2 aromatic carbocycles. The Kier molecular flexibility index (Phi) is 5.60. The first-order valence-electron chi connectivity index (χ1n) is 9.51. The summed E-state index contributed by atoms with van der Waals surface area (Å²) in [5.74, 6) is -2.73. The topological polar surface area (TPSA) is 61.3 Å². The van der Waals surface area contributed by atoms with Crippen molar-refractivity contribution in [3.05, 3.63) is 71.3 Å². The summed E-state index contributed by atoms with van der Waals surface area (Å²) in [5, 5.41) is 12.3. The lowest BCUT2D eigenvalue weighted by atomic mass is 10.0. The first kappa shape index (κ1) is 20.8. The first-order valence-corrected chi connectivity index (χ1v) is 9.51. The average molecular weight is 430 g/mol. The summed E-state index contributed by atoms with van der Waals surface area (Å²) in [7, 11) is 0. The summed E-state index contributed by atoms with van der Waals surface area (Å²) >= 11 is 0. The zero-order chi connectivity index (χ0) is 22.1. The van der Waals surface area contributed by atoms with Crippen LogP contribution < -0.4 is 10.2 Å². The summed E-state index contributed by atoms with van der Waals surface area (Å²) in [6.07, 6.45) is 3.38. The van der Waals surface area contributed by atoms with E-state index in [0.717, 1.165) is 24.3 Å². The second-order valence-electron chi connectivity index (χ2n) is 7.09. The molecule has 2 heterocycles. The summed E-state index contributed by atoms with van der Waals surface area (Å²) < 4.78 is 56.0. The number of aliphatic hydroxyl groups excluding tert-OH is 1. The van der Waals surface area contributed by atoms with Crippen molar-refractivity contribution in [3.63, 3.8) is 0 Å². The van der Waals surface area contributed by atoms with Gasteiger partial charge in [-0.1, -0.05) is 12.2 Å². The smallest absolute Gasteiger partial charge is 0.225 e. The molecular weight excluding hydrogens is 412 g/mol. The third-order valence-electron chi connectivity index (χ3n) is 4.79. The van der Waals surface area contributed by atoms with Gasteiger partial charge in [-0.25, -0.2) is 22.5 Å². The molecule has 3 aromatic rings. The fourth-order valence-electron chi connectivity index (χ4n) is 3.31. The second-order valence-corrected chi connectivity index (χ2v) is 7.09. The molecule has 0 amide bonds. The molecule has 1 aliphatic heterocycles. The van der Waals surface area contributed by atoms with Crippen LogP contribution in [0.15, 0.2) is 42.5 Å². The molecule has 160 valence electrons. The highest BCUT2D eigenvalue weighted by atomic mass is 19.1. The summed E-state index contributed by atoms with van der Waals surface area (Å²) in [6.45, 7) is 1.71. The van der Waals surface area contributed by atoms with Gasteiger partial charge in [-0.15, -0.1) is 0 Å². The predicted molar refractivity (Wildman–Crippen MR) is 110 cm³/mol. The number of fused-ring (bicyclic) bond motifs is 1. The minimum absolute atomic E-state index is 0.0332. The maximum absolute atomic E-state index is 14.6. The van der Waals surface area contributed by atoms with Gasteiger partial charge in [0.2, 0.25) is 5.95 Å². The maximum atomic E-state index is 14.6. The number of nitrogens with one attached hydrogen (secondary N) is 1. The number of aliphatic hydroxyl groups is 1. The van der Waals surface area contributed by atoms with Crippen LogP contribution in [-0.2, 0) is 0 Å². The molecule has 0 bridgehead atoms. The Morgan fingerprint density at radius 2 is 1.74 bits per heavy atom. The van der Waals surface area contributed by atoms with Crippen LogP contribution in [0.4, 0.5) is 35.0 Å². The summed E-state index contributed by atoms with van der Waals surface area (Å²) in [5.41, 5.74) is 0.671. The number of anilines is 3. The minimum Gasteiger partial charge on any atom is -0.394 e. The Morgan fingerprint density at radius 3 is 2.42 bits per heavy atom. The van der Waals surface area contributed by atoms with Gasteiger partial charge >= 0.3 is 0 Å². The van der Waals surface area contributed by atoms with Crippen molar-refractivity contribution in [2.75, 3.05) is 23.4 Å². The monoisotopic (exact) mass is 430 g/mol. The quantitative estimate of drug-likeness (QED) is 0.577. The van der Waals surface area contributed by atoms with Gasteiger partial charge in [0.25, 0.3) is 0 Å². The van der Waals surface area contributed by atoms with Gasteiger partial charge in [-0.05, 0) is 31.2 Å². The third kappa shape index (κ3) is 4.09. The fraction of sp³-hybridized carbons (Fsp3) is 0.182. The van der Waals surface area contributed by atoms with E-state index < -0.39 is 29.3 Å². The standard InChI is InChI=1S/C22H18F4N4O/c1-12(11-31)27-22-28-20(15-6-4-13(23)9-17(15)25)16-3-2-8-30(21(16)29-22)19-7-5-14(24)10-18(19)26/h2-7,9-10,12,31H,8,11H2,1H3,(H,27,28,29). The number of hydrogen-bond acceptors (Lipinski definition) is 5. The lowest BCUT2D eigenvalue weighted by molar-refractivity contribution is 0.281. The molecule has 4 rings (SSSR count). The van der Waals surface area contributed by atoms with E-state index in [-0.39, 0.29) is 41.9 Å². The van der Waals surface area contributed by atoms with E-state index in [1.807, 2.05) is 0 Å². The molecule has 31 heavy (non-hydrogen) atoms. The molecule has 1 atom stereocenters. The normalized spacial score (nSPS) is 13.8. The van der Waals surface area contributed by atoms with Crippen molar-refractivity contribution >= 4 is 23.5 Å². The molecule has 2 N–H and O–H groups in total. The first-order chi connectivity index (χ1) is 14.9. The van der Waals surface area contributed by atoms with Crippen LogP contribution in [0.3, 0.4) is 0 Å². The van der Waals surface area contributed by atoms with Gasteiger partial charge in [0.15, 0.2) is 0 Å². The van der Waals surface area contributed by atoms with E-state index >= 15 is 0 Å². The zero-order valence-electron chi connectivity index (χ0n) is 16.4. The summed E-state index contributed by atoms with van der Waals surface area (Å²) in [6, 6.07) is 5.89. The van der Waals surface area contributed by atoms with E-state index in [9.17, 15) is 22.7 Å². The highest BCUT2D eigenvalue weighted by Crippen LogP contribution is 2.38. The van der Waals surface area contributed by atoms with Gasteiger partial charge in [0.1, 0.15) is 29.1 Å². The Bertz CT molecular complexity index is 1170. The van der Waals surface area contributed by atoms with E-state index in [1.165, 1.54) is 17.0 Å². The van der Waals surface area contributed by atoms with Crippen LogP contribution in [0.1, 0.15) is 12.5 Å². The molecule has 0 saturated heterocycles. The van der Waals surface area contributed by atoms with Crippen LogP contribution in [0, 0.1) is 23.3 Å². The zero-order valence-corrected chi connectivity index (χ0v) is 16.4. The Balaban J connectivity index is 1.93. The van der Waals surface area contributed by atoms with Crippen LogP contribution in [-0.4, -0.2) is 34.3 Å². The largest absolute Gasteiger partial charge is 0.394 e. The van der Waals surface area contributed by atoms with Crippen molar-refractivity contribution in [1.82, 2.24) is 9.97 Å². The number of hydrogen-bond donors (Lipinski definition) is 2. The number of nitrogens with zero attached hydrogens (tertiary/aromatic N) is 3. The molecule has 0 radical (unpaired) electrons. The molecule has 1 aliphatic rings. The third-order valence-corrected chi connectivity index (χ3v) is 4.79. The van der Waals surface area contributed by atoms with E-state index in [0.29, 0.717) is 5.56 Å². The number of halogens is 4. The van der Waals surface area contributed by atoms with E-state index in [2.05, 4.69) is 15.3 Å². The van der Waals surface area contributed by atoms with Crippen LogP contribution in [0.2, 0.25) is 0 Å². The molecular formula is C22H18F4N4O. The Morgan fingerprint density at radius 1 is 1.03 bits per heavy atom. The van der Waals surface area contributed by atoms with Gasteiger partial charge in [0, 0.05) is 35.8 Å². The van der Waals surface area contributed by atoms with Crippen molar-refractivity contribution in [1.29, 1.82) is 0 Å². The summed E-state index contributed by atoms with van der Waals surface area (Å²) in [4.78, 5) is 10.3. The van der Waals surface area contributed by atoms with E-state index in [1.54, 1.807) is 19.1 Å². The molecule has 0 saturated carbocycles. The predicted octanol–water partition coefficient (Wildman–Crippen LogP) is 4.66. The molecule has 0 spiro atoms. The lowest BCUT2D eigenvalue weighted by Crippen LogP contribution is -2.26. The van der Waals surface area contributed by atoms with Gasteiger partial charge < -0.3 is 15.3 Å². The fourth-order valence-corrected chi connectivity index (χ4v) is 3.31. The van der Waals surface area contributed by atoms with Crippen molar-refractivity contribution in [3.8, 4) is 11.3 Å². The molecule has 9 heteroatoms. The average Bonchev–Trinajstić information content (AvgIpc) is 2.73. The molecule has 1 unspecified atom stereocenters. The molecule has 0 aliphatic carbocycles. The van der Waals surface area contributed by atoms with Gasteiger partial charge in [0.05, 0.1) is 18.0 Å². The Hall–Kier alpha value is -3.46. The number of aromatic nitrogens is 2.